The largest absolute Gasteiger partial charge is 0.441 e. The SMILES string of the molecule is CCCC1/C(=[N+](/C(=O)NCc2ccccc2)c2ccc(-c3cnn(C)c3)cn2)C1CCCNc1ncc(C#N)c(N2CCc3ncsc3C2)n1. The van der Waals surface area contributed by atoms with E-state index in [-0.39, 0.29) is 11.9 Å². The van der Waals surface area contributed by atoms with Crippen LogP contribution in [0.25, 0.3) is 11.1 Å². The normalized spacial score (nSPS) is 17.5. The van der Waals surface area contributed by atoms with Crippen LogP contribution >= 0.6 is 11.3 Å². The van der Waals surface area contributed by atoms with Crippen LogP contribution < -0.4 is 15.5 Å². The Hall–Kier alpha value is -5.48. The summed E-state index contributed by atoms with van der Waals surface area (Å²) < 4.78 is 3.57. The molecule has 1 saturated carbocycles. The van der Waals surface area contributed by atoms with Gasteiger partial charge in [-0.05, 0) is 30.9 Å². The van der Waals surface area contributed by atoms with Crippen molar-refractivity contribution in [2.24, 2.45) is 18.9 Å². The molecule has 1 aromatic carbocycles. The molecule has 4 aromatic heterocycles. The van der Waals surface area contributed by atoms with Gasteiger partial charge >= 0.3 is 6.03 Å². The van der Waals surface area contributed by atoms with Crippen molar-refractivity contribution in [3.8, 4) is 17.2 Å². The number of fused-ring (bicyclic) bond motifs is 1. The molecule has 0 spiro atoms. The number of pyridine rings is 1. The van der Waals surface area contributed by atoms with Crippen LogP contribution in [0.2, 0.25) is 0 Å². The zero-order valence-corrected chi connectivity index (χ0v) is 29.1. The second kappa shape index (κ2) is 15.0. The summed E-state index contributed by atoms with van der Waals surface area (Å²) in [6, 6.07) is 16.0. The van der Waals surface area contributed by atoms with Gasteiger partial charge in [0.05, 0.1) is 42.4 Å². The van der Waals surface area contributed by atoms with Crippen LogP contribution in [0.3, 0.4) is 0 Å². The lowest BCUT2D eigenvalue weighted by atomic mass is 10.1. The van der Waals surface area contributed by atoms with Gasteiger partial charge in [0.25, 0.3) is 5.82 Å². The fraction of sp³-hybridized carbons (Fsp3) is 0.351. The Morgan fingerprint density at radius 1 is 1.06 bits per heavy atom. The van der Waals surface area contributed by atoms with Gasteiger partial charge in [0.15, 0.2) is 5.82 Å². The van der Waals surface area contributed by atoms with Crippen molar-refractivity contribution in [1.82, 2.24) is 35.0 Å². The fourth-order valence-electron chi connectivity index (χ4n) is 6.77. The monoisotopic (exact) mass is 686 g/mol. The Balaban J connectivity index is 1.06. The Kier molecular flexibility index (Phi) is 9.89. The lowest BCUT2D eigenvalue weighted by molar-refractivity contribution is -0.337. The number of nitrogens with zero attached hydrogens (tertiary/aromatic N) is 9. The van der Waals surface area contributed by atoms with Crippen LogP contribution in [-0.4, -0.2) is 59.1 Å². The summed E-state index contributed by atoms with van der Waals surface area (Å²) in [5, 5.41) is 20.6. The van der Waals surface area contributed by atoms with Gasteiger partial charge in [-0.2, -0.15) is 19.9 Å². The van der Waals surface area contributed by atoms with Crippen molar-refractivity contribution in [1.29, 1.82) is 5.26 Å². The molecule has 2 amide bonds. The number of nitrogens with one attached hydrogen (secondary N) is 2. The van der Waals surface area contributed by atoms with Crippen LogP contribution in [-0.2, 0) is 26.6 Å². The molecule has 50 heavy (non-hydrogen) atoms. The van der Waals surface area contributed by atoms with E-state index in [1.54, 1.807) is 26.8 Å². The Morgan fingerprint density at radius 2 is 1.92 bits per heavy atom. The highest BCUT2D eigenvalue weighted by molar-refractivity contribution is 7.09. The number of urea groups is 1. The van der Waals surface area contributed by atoms with E-state index in [0.29, 0.717) is 48.7 Å². The van der Waals surface area contributed by atoms with Gasteiger partial charge in [0.2, 0.25) is 5.95 Å². The smallest absolute Gasteiger partial charge is 0.354 e. The first-order chi connectivity index (χ1) is 24.5. The second-order valence-corrected chi connectivity index (χ2v) is 13.7. The highest BCUT2D eigenvalue weighted by Crippen LogP contribution is 2.43. The molecule has 12 nitrogen and oxygen atoms in total. The molecule has 2 N–H and O–H groups in total. The lowest BCUT2D eigenvalue weighted by Gasteiger charge is -2.27. The zero-order chi connectivity index (χ0) is 34.5. The molecule has 5 aromatic rings. The van der Waals surface area contributed by atoms with Crippen LogP contribution in [0, 0.1) is 23.2 Å². The maximum atomic E-state index is 13.9. The number of benzene rings is 1. The summed E-state index contributed by atoms with van der Waals surface area (Å²) in [5.41, 5.74) is 7.56. The fourth-order valence-corrected chi connectivity index (χ4v) is 7.60. The van der Waals surface area contributed by atoms with Crippen molar-refractivity contribution in [3.05, 3.63) is 94.5 Å². The minimum atomic E-state index is -0.172. The quantitative estimate of drug-likeness (QED) is 0.118. The number of anilines is 2. The number of hydrogen-bond acceptors (Lipinski definition) is 10. The topological polar surface area (TPSA) is 141 Å². The highest BCUT2D eigenvalue weighted by Gasteiger charge is 2.50. The van der Waals surface area contributed by atoms with E-state index in [1.165, 1.54) is 4.88 Å². The van der Waals surface area contributed by atoms with Crippen molar-refractivity contribution < 1.29 is 9.37 Å². The van der Waals surface area contributed by atoms with Crippen LogP contribution in [0.5, 0.6) is 0 Å². The molecule has 0 radical (unpaired) electrons. The van der Waals surface area contributed by atoms with E-state index in [9.17, 15) is 10.1 Å². The molecular formula is C37H40N11OS+. The number of thiazole rings is 1. The number of aryl methyl sites for hydroxylation is 1. The minimum Gasteiger partial charge on any atom is -0.354 e. The van der Waals surface area contributed by atoms with Gasteiger partial charge in [-0.15, -0.1) is 16.3 Å². The number of carbonyl (C=O) groups is 1. The molecule has 2 unspecified atom stereocenters. The third-order valence-corrected chi connectivity index (χ3v) is 10.2. The number of hydrogen-bond donors (Lipinski definition) is 2. The predicted molar refractivity (Wildman–Crippen MR) is 193 cm³/mol. The predicted octanol–water partition coefficient (Wildman–Crippen LogP) is 6.10. The van der Waals surface area contributed by atoms with Gasteiger partial charge in [-0.3, -0.25) is 10.00 Å². The van der Waals surface area contributed by atoms with Gasteiger partial charge in [-0.25, -0.2) is 14.8 Å². The molecular weight excluding hydrogens is 647 g/mol. The number of amides is 2. The summed E-state index contributed by atoms with van der Waals surface area (Å²) in [6.07, 6.45) is 11.8. The summed E-state index contributed by atoms with van der Waals surface area (Å²) in [7, 11) is 1.89. The molecule has 5 heterocycles. The second-order valence-electron chi connectivity index (χ2n) is 12.7. The molecule has 2 atom stereocenters. The number of aromatic nitrogens is 6. The molecule has 7 rings (SSSR count). The molecule has 1 fully saturated rings. The van der Waals surface area contributed by atoms with E-state index in [0.717, 1.165) is 66.7 Å². The number of nitriles is 1. The molecule has 13 heteroatoms. The molecule has 0 saturated heterocycles. The molecule has 1 aliphatic heterocycles. The zero-order valence-electron chi connectivity index (χ0n) is 28.3. The van der Waals surface area contributed by atoms with Gasteiger partial charge in [0.1, 0.15) is 17.8 Å². The lowest BCUT2D eigenvalue weighted by Crippen LogP contribution is -2.32. The average molecular weight is 687 g/mol. The standard InChI is InChI=1S/C37H39N11OS/c1-3-8-29-30(11-7-15-39-36-41-20-27(17-38)35(45-36)47-16-14-31-32(23-47)50-24-43-31)34(29)48(37(49)42-18-25-9-5-4-6-10-25)33-13-12-26(19-40-33)28-21-44-46(2)22-28/h4-6,9-10,12-13,19-22,24,29-30H,3,7-8,11,14-16,18,23H2,1-2H3,(H-,39,41,42,45,49)/p+1/b48-34-. The Labute approximate surface area is 295 Å². The maximum absolute atomic E-state index is 13.9. The first kappa shape index (κ1) is 33.0. The Bertz CT molecular complexity index is 2030. The van der Waals surface area contributed by atoms with E-state index in [2.05, 4.69) is 43.6 Å². The average Bonchev–Trinajstić information content (AvgIpc) is 3.43. The van der Waals surface area contributed by atoms with Gasteiger partial charge in [0, 0.05) is 66.7 Å². The van der Waals surface area contributed by atoms with Crippen LogP contribution in [0.15, 0.2) is 72.8 Å². The summed E-state index contributed by atoms with van der Waals surface area (Å²) in [5.74, 6) is 2.35. The molecule has 0 bridgehead atoms. The van der Waals surface area contributed by atoms with E-state index in [1.807, 2.05) is 73.6 Å². The van der Waals surface area contributed by atoms with E-state index < -0.39 is 0 Å². The number of carbonyl (C=O) groups excluding carboxylic acids is 1. The van der Waals surface area contributed by atoms with Crippen LogP contribution in [0.1, 0.15) is 54.3 Å². The van der Waals surface area contributed by atoms with Crippen LogP contribution in [0.4, 0.5) is 22.4 Å². The van der Waals surface area contributed by atoms with Crippen molar-refractivity contribution in [3.63, 3.8) is 0 Å². The van der Waals surface area contributed by atoms with E-state index >= 15 is 0 Å². The van der Waals surface area contributed by atoms with Gasteiger partial charge in [-0.1, -0.05) is 43.7 Å². The van der Waals surface area contributed by atoms with Crippen molar-refractivity contribution in [2.75, 3.05) is 23.3 Å². The molecule has 2 aliphatic rings. The third kappa shape index (κ3) is 7.25. The van der Waals surface area contributed by atoms with E-state index in [4.69, 9.17) is 9.97 Å². The summed E-state index contributed by atoms with van der Waals surface area (Å²) in [6.45, 7) is 4.75. The third-order valence-electron chi connectivity index (χ3n) is 9.34. The highest BCUT2D eigenvalue weighted by atomic mass is 32.1. The summed E-state index contributed by atoms with van der Waals surface area (Å²) >= 11 is 1.64. The number of rotatable bonds is 12. The first-order valence-corrected chi connectivity index (χ1v) is 18.0. The van der Waals surface area contributed by atoms with Crippen molar-refractivity contribution in [2.45, 2.75) is 52.1 Å². The van der Waals surface area contributed by atoms with Crippen molar-refractivity contribution >= 4 is 40.7 Å². The maximum Gasteiger partial charge on any atom is 0.441 e. The molecule has 1 aliphatic carbocycles. The molecule has 254 valence electrons. The minimum absolute atomic E-state index is 0.172. The van der Waals surface area contributed by atoms with Gasteiger partial charge < -0.3 is 10.2 Å². The summed E-state index contributed by atoms with van der Waals surface area (Å²) in [4.78, 5) is 35.7. The Morgan fingerprint density at radius 3 is 2.68 bits per heavy atom. The first-order valence-electron chi connectivity index (χ1n) is 17.1.